The highest BCUT2D eigenvalue weighted by Crippen LogP contribution is 2.23. The lowest BCUT2D eigenvalue weighted by atomic mass is 10.1. The molecule has 1 heterocycles. The van der Waals surface area contributed by atoms with Crippen molar-refractivity contribution in [3.63, 3.8) is 0 Å². The lowest BCUT2D eigenvalue weighted by molar-refractivity contribution is -0.136. The predicted molar refractivity (Wildman–Crippen MR) is 59.6 cm³/mol. The number of nitrogens with zero attached hydrogens (tertiary/aromatic N) is 1. The second kappa shape index (κ2) is 4.36. The van der Waals surface area contributed by atoms with E-state index in [0.717, 1.165) is 0 Å². The molecule has 1 aromatic heterocycles. The zero-order valence-electron chi connectivity index (χ0n) is 9.24. The van der Waals surface area contributed by atoms with Crippen molar-refractivity contribution >= 4 is 16.9 Å². The van der Waals surface area contributed by atoms with Crippen molar-refractivity contribution in [3.8, 4) is 0 Å². The van der Waals surface area contributed by atoms with Crippen molar-refractivity contribution in [2.75, 3.05) is 0 Å². The fourth-order valence-electron chi connectivity index (χ4n) is 1.78. The van der Waals surface area contributed by atoms with Crippen LogP contribution in [0.1, 0.15) is 16.8 Å². The monoisotopic (exact) mass is 257 g/mol. The van der Waals surface area contributed by atoms with Gasteiger partial charge in [0.1, 0.15) is 0 Å². The Labute approximate surface area is 100 Å². The fourth-order valence-corrected chi connectivity index (χ4v) is 1.78. The number of aromatic nitrogens is 1. The Balaban J connectivity index is 2.29. The molecule has 0 atom stereocenters. The number of aryl methyl sites for hydroxylation is 1. The molecular formula is C12H10F3NO2. The van der Waals surface area contributed by atoms with Gasteiger partial charge in [-0.25, -0.2) is 4.79 Å². The second-order valence-corrected chi connectivity index (χ2v) is 3.95. The third kappa shape index (κ3) is 2.64. The zero-order chi connectivity index (χ0) is 13.3. The second-order valence-electron chi connectivity index (χ2n) is 3.95. The van der Waals surface area contributed by atoms with Crippen LogP contribution in [0.5, 0.6) is 0 Å². The van der Waals surface area contributed by atoms with Gasteiger partial charge in [-0.2, -0.15) is 13.2 Å². The van der Waals surface area contributed by atoms with Gasteiger partial charge in [0, 0.05) is 23.6 Å². The Morgan fingerprint density at radius 3 is 2.61 bits per heavy atom. The van der Waals surface area contributed by atoms with E-state index in [1.807, 2.05) is 0 Å². The summed E-state index contributed by atoms with van der Waals surface area (Å²) < 4.78 is 37.8. The molecule has 0 bridgehead atoms. The lowest BCUT2D eigenvalue weighted by Gasteiger charge is -2.08. The smallest absolute Gasteiger partial charge is 0.390 e. The van der Waals surface area contributed by atoms with Gasteiger partial charge in [0.05, 0.1) is 12.0 Å². The van der Waals surface area contributed by atoms with E-state index in [0.29, 0.717) is 10.9 Å². The molecule has 0 aliphatic heterocycles. The number of aromatic carboxylic acids is 1. The molecule has 0 saturated carbocycles. The van der Waals surface area contributed by atoms with Gasteiger partial charge in [0.25, 0.3) is 0 Å². The molecule has 1 N–H and O–H groups in total. The van der Waals surface area contributed by atoms with Crippen molar-refractivity contribution in [1.82, 2.24) is 4.57 Å². The third-order valence-corrected chi connectivity index (χ3v) is 2.65. The van der Waals surface area contributed by atoms with Crippen LogP contribution < -0.4 is 0 Å². The minimum Gasteiger partial charge on any atom is -0.478 e. The summed E-state index contributed by atoms with van der Waals surface area (Å²) in [4.78, 5) is 10.8. The maximum atomic E-state index is 12.1. The number of fused-ring (bicyclic) bond motifs is 1. The number of hydrogen-bond donors (Lipinski definition) is 1. The predicted octanol–water partition coefficient (Wildman–Crippen LogP) is 3.29. The first kappa shape index (κ1) is 12.5. The van der Waals surface area contributed by atoms with E-state index in [1.165, 1.54) is 29.0 Å². The van der Waals surface area contributed by atoms with Crippen molar-refractivity contribution in [2.45, 2.75) is 19.1 Å². The molecule has 0 fully saturated rings. The Morgan fingerprint density at radius 1 is 1.28 bits per heavy atom. The van der Waals surface area contributed by atoms with Crippen LogP contribution >= 0.6 is 0 Å². The van der Waals surface area contributed by atoms with E-state index in [4.69, 9.17) is 5.11 Å². The van der Waals surface area contributed by atoms with Crippen LogP contribution in [0.15, 0.2) is 30.5 Å². The molecule has 96 valence electrons. The van der Waals surface area contributed by atoms with Crippen molar-refractivity contribution in [1.29, 1.82) is 0 Å². The standard InChI is InChI=1S/C12H10F3NO2/c13-12(14,15)4-6-16-5-3-8-7-9(11(17)18)1-2-10(8)16/h1-3,5,7H,4,6H2,(H,17,18). The summed E-state index contributed by atoms with van der Waals surface area (Å²) >= 11 is 0. The number of alkyl halides is 3. The first-order valence-electron chi connectivity index (χ1n) is 5.26. The van der Waals surface area contributed by atoms with Crippen LogP contribution in [0, 0.1) is 0 Å². The molecule has 2 aromatic rings. The highest BCUT2D eigenvalue weighted by Gasteiger charge is 2.26. The highest BCUT2D eigenvalue weighted by atomic mass is 19.4. The topological polar surface area (TPSA) is 42.2 Å². The van der Waals surface area contributed by atoms with Gasteiger partial charge < -0.3 is 9.67 Å². The Bertz CT molecular complexity index is 587. The molecule has 1 aromatic carbocycles. The average Bonchev–Trinajstić information content (AvgIpc) is 2.67. The van der Waals surface area contributed by atoms with E-state index in [9.17, 15) is 18.0 Å². The number of benzene rings is 1. The van der Waals surface area contributed by atoms with Crippen LogP contribution in [0.2, 0.25) is 0 Å². The van der Waals surface area contributed by atoms with Crippen molar-refractivity contribution < 1.29 is 23.1 Å². The maximum absolute atomic E-state index is 12.1. The molecule has 0 unspecified atom stereocenters. The number of halogens is 3. The molecule has 0 saturated heterocycles. The Hall–Kier alpha value is -1.98. The van der Waals surface area contributed by atoms with Gasteiger partial charge >= 0.3 is 12.1 Å². The first-order valence-corrected chi connectivity index (χ1v) is 5.26. The normalized spacial score (nSPS) is 11.9. The van der Waals surface area contributed by atoms with Crippen LogP contribution in [-0.2, 0) is 6.54 Å². The molecular weight excluding hydrogens is 247 g/mol. The van der Waals surface area contributed by atoms with Gasteiger partial charge in [0.15, 0.2) is 0 Å². The largest absolute Gasteiger partial charge is 0.478 e. The summed E-state index contributed by atoms with van der Waals surface area (Å²) in [5.74, 6) is -1.06. The van der Waals surface area contributed by atoms with Crippen molar-refractivity contribution in [3.05, 3.63) is 36.0 Å². The van der Waals surface area contributed by atoms with E-state index >= 15 is 0 Å². The Kier molecular flexibility index (Phi) is 3.02. The summed E-state index contributed by atoms with van der Waals surface area (Å²) in [7, 11) is 0. The summed E-state index contributed by atoms with van der Waals surface area (Å²) in [5.41, 5.74) is 0.723. The van der Waals surface area contributed by atoms with Gasteiger partial charge in [0.2, 0.25) is 0 Å². The van der Waals surface area contributed by atoms with Crippen LogP contribution in [0.4, 0.5) is 13.2 Å². The van der Waals surface area contributed by atoms with Gasteiger partial charge in [-0.15, -0.1) is 0 Å². The molecule has 0 radical (unpaired) electrons. The number of rotatable bonds is 3. The number of carbonyl (C=O) groups is 1. The molecule has 0 aliphatic rings. The number of carboxylic acid groups (broad SMARTS) is 1. The summed E-state index contributed by atoms with van der Waals surface area (Å²) in [6.45, 7) is -0.167. The van der Waals surface area contributed by atoms with Gasteiger partial charge in [-0.05, 0) is 24.3 Å². The van der Waals surface area contributed by atoms with Crippen LogP contribution in [0.25, 0.3) is 10.9 Å². The third-order valence-electron chi connectivity index (χ3n) is 2.65. The molecule has 2 rings (SSSR count). The first-order chi connectivity index (χ1) is 8.37. The van der Waals surface area contributed by atoms with Crippen LogP contribution in [-0.4, -0.2) is 21.8 Å². The number of hydrogen-bond acceptors (Lipinski definition) is 1. The molecule has 3 nitrogen and oxygen atoms in total. The minimum atomic E-state index is -4.20. The molecule has 0 aliphatic carbocycles. The molecule has 18 heavy (non-hydrogen) atoms. The quantitative estimate of drug-likeness (QED) is 0.916. The fraction of sp³-hybridized carbons (Fsp3) is 0.250. The maximum Gasteiger partial charge on any atom is 0.390 e. The summed E-state index contributed by atoms with van der Waals surface area (Å²) in [6, 6.07) is 5.96. The van der Waals surface area contributed by atoms with Gasteiger partial charge in [-0.1, -0.05) is 0 Å². The summed E-state index contributed by atoms with van der Waals surface area (Å²) in [5, 5.41) is 9.43. The molecule has 0 spiro atoms. The van der Waals surface area contributed by atoms with E-state index in [2.05, 4.69) is 0 Å². The van der Waals surface area contributed by atoms with Crippen LogP contribution in [0.3, 0.4) is 0 Å². The zero-order valence-corrected chi connectivity index (χ0v) is 9.24. The lowest BCUT2D eigenvalue weighted by Crippen LogP contribution is -2.11. The van der Waals surface area contributed by atoms with E-state index < -0.39 is 18.6 Å². The van der Waals surface area contributed by atoms with E-state index in [-0.39, 0.29) is 12.1 Å². The summed E-state index contributed by atoms with van der Waals surface area (Å²) in [6.07, 6.45) is -3.57. The SMILES string of the molecule is O=C(O)c1ccc2c(ccn2CCC(F)(F)F)c1. The average molecular weight is 257 g/mol. The molecule has 6 heteroatoms. The Morgan fingerprint density at radius 2 is 2.00 bits per heavy atom. The minimum absolute atomic E-state index is 0.121. The number of carboxylic acids is 1. The van der Waals surface area contributed by atoms with Crippen molar-refractivity contribution in [2.24, 2.45) is 0 Å². The van der Waals surface area contributed by atoms with E-state index in [1.54, 1.807) is 6.07 Å². The molecule has 0 amide bonds. The van der Waals surface area contributed by atoms with Gasteiger partial charge in [-0.3, -0.25) is 0 Å². The highest BCUT2D eigenvalue weighted by molar-refractivity contribution is 5.93.